The van der Waals surface area contributed by atoms with Crippen LogP contribution in [0, 0.1) is 18.3 Å². The molecular weight excluding hydrogens is 504 g/mol. The van der Waals surface area contributed by atoms with Gasteiger partial charge in [-0.15, -0.1) is 0 Å². The van der Waals surface area contributed by atoms with Gasteiger partial charge in [0.15, 0.2) is 0 Å². The van der Waals surface area contributed by atoms with E-state index in [9.17, 15) is 14.9 Å². The lowest BCUT2D eigenvalue weighted by atomic mass is 10.0. The topological polar surface area (TPSA) is 78.6 Å². The van der Waals surface area contributed by atoms with Crippen LogP contribution in [0.1, 0.15) is 89.3 Å². The summed E-state index contributed by atoms with van der Waals surface area (Å²) in [4.78, 5) is 31.2. The van der Waals surface area contributed by atoms with Crippen LogP contribution in [-0.4, -0.2) is 51.5 Å². The van der Waals surface area contributed by atoms with Gasteiger partial charge in [0, 0.05) is 31.7 Å². The van der Waals surface area contributed by atoms with Crippen LogP contribution in [0.2, 0.25) is 0 Å². The number of anilines is 1. The van der Waals surface area contributed by atoms with Gasteiger partial charge >= 0.3 is 0 Å². The molecule has 2 saturated heterocycles. The van der Waals surface area contributed by atoms with Crippen molar-refractivity contribution in [1.29, 1.82) is 5.26 Å². The molecule has 3 rings (SSSR count). The first-order valence-corrected chi connectivity index (χ1v) is 14.8. The van der Waals surface area contributed by atoms with E-state index in [1.54, 1.807) is 16.4 Å². The van der Waals surface area contributed by atoms with E-state index in [1.165, 1.54) is 37.4 Å². The van der Waals surface area contributed by atoms with Crippen molar-refractivity contribution in [3.05, 3.63) is 31.9 Å². The minimum absolute atomic E-state index is 0.00624. The number of aromatic nitrogens is 1. The van der Waals surface area contributed by atoms with Crippen LogP contribution in [0.5, 0.6) is 0 Å². The van der Waals surface area contributed by atoms with Crippen molar-refractivity contribution in [2.75, 3.05) is 24.5 Å². The molecule has 2 aliphatic heterocycles. The van der Waals surface area contributed by atoms with Crippen LogP contribution >= 0.6 is 24.0 Å². The maximum absolute atomic E-state index is 13.4. The van der Waals surface area contributed by atoms with Crippen LogP contribution < -0.4 is 10.5 Å². The molecule has 2 atom stereocenters. The van der Waals surface area contributed by atoms with Gasteiger partial charge in [0.2, 0.25) is 0 Å². The second-order valence-electron chi connectivity index (χ2n) is 10.1. The zero-order valence-electron chi connectivity index (χ0n) is 22.8. The fourth-order valence-corrected chi connectivity index (χ4v) is 6.43. The molecule has 0 aromatic carbocycles. The lowest BCUT2D eigenvalue weighted by molar-refractivity contribution is -0.122. The average Bonchev–Trinajstić information content (AvgIpc) is 3.11. The van der Waals surface area contributed by atoms with E-state index >= 15 is 0 Å². The quantitative estimate of drug-likeness (QED) is 0.203. The average molecular weight is 545 g/mol. The first-order chi connectivity index (χ1) is 17.7. The summed E-state index contributed by atoms with van der Waals surface area (Å²) >= 11 is 6.89. The predicted molar refractivity (Wildman–Crippen MR) is 156 cm³/mol. The maximum atomic E-state index is 13.4. The lowest BCUT2D eigenvalue weighted by Crippen LogP contribution is -2.48. The van der Waals surface area contributed by atoms with Crippen LogP contribution in [-0.2, 0) is 16.1 Å². The maximum Gasteiger partial charge on any atom is 0.270 e. The number of unbranched alkanes of at least 4 members (excludes halogenated alkanes) is 5. The number of pyridine rings is 1. The standard InChI is InChI=1S/C28H40N4O3S2/c1-6-8-9-10-11-12-14-32-27(34)24(37-28(32)36)15-22-21(5)23(16-29)26(33)31(13-7-2)25(22)30-17-19(3)35-20(4)18-30/h15,19-20H,6-14,17-18H2,1-5H3. The zero-order valence-corrected chi connectivity index (χ0v) is 24.5. The molecule has 0 saturated carbocycles. The van der Waals surface area contributed by atoms with Gasteiger partial charge in [0.1, 0.15) is 21.8 Å². The first-order valence-electron chi connectivity index (χ1n) is 13.6. The Hall–Kier alpha value is -2.15. The van der Waals surface area contributed by atoms with E-state index in [4.69, 9.17) is 17.0 Å². The van der Waals surface area contributed by atoms with Gasteiger partial charge in [-0.25, -0.2) is 0 Å². The zero-order chi connectivity index (χ0) is 27.1. The minimum Gasteiger partial charge on any atom is -0.372 e. The van der Waals surface area contributed by atoms with E-state index < -0.39 is 0 Å². The van der Waals surface area contributed by atoms with Crippen molar-refractivity contribution in [3.8, 4) is 6.07 Å². The Balaban J connectivity index is 2.01. The third-order valence-corrected chi connectivity index (χ3v) is 8.27. The number of thiocarbonyl (C=S) groups is 1. The number of rotatable bonds is 11. The molecule has 2 fully saturated rings. The fourth-order valence-electron chi connectivity index (χ4n) is 5.14. The molecular formula is C28H40N4O3S2. The molecule has 0 bridgehead atoms. The van der Waals surface area contributed by atoms with Gasteiger partial charge < -0.3 is 9.64 Å². The van der Waals surface area contributed by atoms with Crippen molar-refractivity contribution in [1.82, 2.24) is 9.47 Å². The molecule has 3 heterocycles. The van der Waals surface area contributed by atoms with E-state index in [0.29, 0.717) is 41.0 Å². The van der Waals surface area contributed by atoms with Gasteiger partial charge in [-0.2, -0.15) is 5.26 Å². The molecule has 1 amide bonds. The Morgan fingerprint density at radius 2 is 1.70 bits per heavy atom. The Kier molecular flexibility index (Phi) is 10.8. The number of hydrogen-bond donors (Lipinski definition) is 0. The van der Waals surface area contributed by atoms with Gasteiger partial charge in [-0.05, 0) is 45.3 Å². The smallest absolute Gasteiger partial charge is 0.270 e. The van der Waals surface area contributed by atoms with Crippen molar-refractivity contribution in [3.63, 3.8) is 0 Å². The molecule has 202 valence electrons. The summed E-state index contributed by atoms with van der Waals surface area (Å²) in [5.41, 5.74) is 1.19. The molecule has 7 nitrogen and oxygen atoms in total. The molecule has 0 radical (unpaired) electrons. The van der Waals surface area contributed by atoms with Crippen molar-refractivity contribution >= 4 is 46.1 Å². The molecule has 0 N–H and O–H groups in total. The predicted octanol–water partition coefficient (Wildman–Crippen LogP) is 5.61. The highest BCUT2D eigenvalue weighted by atomic mass is 32.2. The summed E-state index contributed by atoms with van der Waals surface area (Å²) in [5.74, 6) is 0.663. The highest BCUT2D eigenvalue weighted by Crippen LogP contribution is 2.36. The number of hydrogen-bond acceptors (Lipinski definition) is 7. The molecule has 2 unspecified atom stereocenters. The summed E-state index contributed by atoms with van der Waals surface area (Å²) < 4.78 is 8.23. The number of carbonyl (C=O) groups is 1. The van der Waals surface area contributed by atoms with Crippen LogP contribution in [0.25, 0.3) is 6.08 Å². The molecule has 9 heteroatoms. The summed E-state index contributed by atoms with van der Waals surface area (Å²) in [6, 6.07) is 2.12. The summed E-state index contributed by atoms with van der Waals surface area (Å²) in [7, 11) is 0. The third kappa shape index (κ3) is 6.84. The molecule has 1 aromatic rings. The Morgan fingerprint density at radius 3 is 2.32 bits per heavy atom. The van der Waals surface area contributed by atoms with Crippen molar-refractivity contribution < 1.29 is 9.53 Å². The summed E-state index contributed by atoms with van der Waals surface area (Å²) in [6.45, 7) is 12.4. The largest absolute Gasteiger partial charge is 0.372 e. The Morgan fingerprint density at radius 1 is 1.05 bits per heavy atom. The van der Waals surface area contributed by atoms with E-state index in [2.05, 4.69) is 17.9 Å². The fraction of sp³-hybridized carbons (Fsp3) is 0.643. The second-order valence-corrected chi connectivity index (χ2v) is 11.7. The van der Waals surface area contributed by atoms with Crippen LogP contribution in [0.3, 0.4) is 0 Å². The van der Waals surface area contributed by atoms with E-state index in [-0.39, 0.29) is 29.2 Å². The highest BCUT2D eigenvalue weighted by Gasteiger charge is 2.34. The minimum atomic E-state index is -0.281. The molecule has 0 spiro atoms. The molecule has 0 aliphatic carbocycles. The number of amides is 1. The lowest BCUT2D eigenvalue weighted by Gasteiger charge is -2.39. The molecule has 1 aromatic heterocycles. The van der Waals surface area contributed by atoms with Gasteiger partial charge in [0.05, 0.1) is 17.1 Å². The van der Waals surface area contributed by atoms with E-state index in [0.717, 1.165) is 30.6 Å². The number of morpholine rings is 1. The number of ether oxygens (including phenoxy) is 1. The summed E-state index contributed by atoms with van der Waals surface area (Å²) in [5, 5.41) is 9.85. The monoisotopic (exact) mass is 544 g/mol. The van der Waals surface area contributed by atoms with Crippen molar-refractivity contribution in [2.45, 2.75) is 98.3 Å². The summed E-state index contributed by atoms with van der Waals surface area (Å²) in [6.07, 6.45) is 9.45. The number of nitriles is 1. The Bertz CT molecular complexity index is 1130. The van der Waals surface area contributed by atoms with Gasteiger partial charge in [-0.1, -0.05) is 69.9 Å². The number of carbonyl (C=O) groups excluding carboxylic acids is 1. The molecule has 2 aliphatic rings. The van der Waals surface area contributed by atoms with Crippen LogP contribution in [0.4, 0.5) is 5.82 Å². The van der Waals surface area contributed by atoms with E-state index in [1.807, 2.05) is 26.8 Å². The number of nitrogens with zero attached hydrogens (tertiary/aromatic N) is 4. The normalized spacial score (nSPS) is 21.2. The SMILES string of the molecule is CCCCCCCCN1C(=O)C(=Cc2c(C)c(C#N)c(=O)n(CCC)c2N2CC(C)OC(C)C2)SC1=S. The molecule has 37 heavy (non-hydrogen) atoms. The second kappa shape index (κ2) is 13.6. The highest BCUT2D eigenvalue weighted by molar-refractivity contribution is 8.26. The number of thioether (sulfide) groups is 1. The third-order valence-electron chi connectivity index (χ3n) is 6.90. The van der Waals surface area contributed by atoms with Crippen LogP contribution in [0.15, 0.2) is 9.70 Å². The Labute approximate surface area is 230 Å². The first kappa shape index (κ1) is 29.4. The van der Waals surface area contributed by atoms with Gasteiger partial charge in [0.25, 0.3) is 11.5 Å². The van der Waals surface area contributed by atoms with Gasteiger partial charge in [-0.3, -0.25) is 19.1 Å². The van der Waals surface area contributed by atoms with Crippen molar-refractivity contribution in [2.24, 2.45) is 0 Å².